The van der Waals surface area contributed by atoms with Crippen molar-refractivity contribution in [1.29, 1.82) is 5.41 Å². The Labute approximate surface area is 88.1 Å². The highest BCUT2D eigenvalue weighted by Gasteiger charge is 2.25. The van der Waals surface area contributed by atoms with E-state index in [1.807, 2.05) is 0 Å². The molecular formula is C13H23N. The van der Waals surface area contributed by atoms with Crippen LogP contribution in [0.4, 0.5) is 0 Å². The van der Waals surface area contributed by atoms with Gasteiger partial charge in [-0.3, -0.25) is 0 Å². The molecule has 1 aliphatic rings. The van der Waals surface area contributed by atoms with Crippen LogP contribution in [0.1, 0.15) is 47.5 Å². The molecule has 14 heavy (non-hydrogen) atoms. The minimum atomic E-state index is 0.345. The highest BCUT2D eigenvalue weighted by molar-refractivity contribution is 5.84. The zero-order chi connectivity index (χ0) is 10.9. The third-order valence-corrected chi connectivity index (χ3v) is 2.89. The molecule has 0 bridgehead atoms. The molecule has 0 aromatic carbocycles. The minimum Gasteiger partial charge on any atom is -0.309 e. The predicted molar refractivity (Wildman–Crippen MR) is 62.8 cm³/mol. The smallest absolute Gasteiger partial charge is 0.0127 e. The summed E-state index contributed by atoms with van der Waals surface area (Å²) in [4.78, 5) is 0. The van der Waals surface area contributed by atoms with E-state index >= 15 is 0 Å². The molecular weight excluding hydrogens is 170 g/mol. The van der Waals surface area contributed by atoms with Crippen LogP contribution in [0.15, 0.2) is 11.6 Å². The van der Waals surface area contributed by atoms with Gasteiger partial charge in [0.15, 0.2) is 0 Å². The molecule has 80 valence electrons. The summed E-state index contributed by atoms with van der Waals surface area (Å²) in [6, 6.07) is 0. The van der Waals surface area contributed by atoms with E-state index in [0.29, 0.717) is 17.3 Å². The van der Waals surface area contributed by atoms with Crippen molar-refractivity contribution in [2.24, 2.45) is 17.3 Å². The zero-order valence-electron chi connectivity index (χ0n) is 10.1. The summed E-state index contributed by atoms with van der Waals surface area (Å²) in [6.45, 7) is 11.1. The summed E-state index contributed by atoms with van der Waals surface area (Å²) >= 11 is 0. The first-order valence-corrected chi connectivity index (χ1v) is 5.55. The van der Waals surface area contributed by atoms with E-state index in [2.05, 4.69) is 40.7 Å². The second-order valence-corrected chi connectivity index (χ2v) is 5.91. The molecule has 0 spiro atoms. The van der Waals surface area contributed by atoms with Gasteiger partial charge in [-0.05, 0) is 31.1 Å². The lowest BCUT2D eigenvalue weighted by atomic mass is 9.82. The van der Waals surface area contributed by atoms with Gasteiger partial charge in [-0.1, -0.05) is 39.3 Å². The maximum Gasteiger partial charge on any atom is 0.0127 e. The molecule has 0 aromatic heterocycles. The molecule has 1 N–H and O–H groups in total. The van der Waals surface area contributed by atoms with E-state index < -0.39 is 0 Å². The van der Waals surface area contributed by atoms with Crippen LogP contribution in [0.2, 0.25) is 0 Å². The number of rotatable bonds is 4. The van der Waals surface area contributed by atoms with E-state index in [0.717, 1.165) is 18.6 Å². The third-order valence-electron chi connectivity index (χ3n) is 2.89. The normalized spacial score (nSPS) is 22.9. The molecule has 0 aliphatic heterocycles. The SMILES string of the molecule is CC1=CC1CC(=N)[C@H](C)CC(C)(C)C. The molecule has 1 rings (SSSR count). The molecule has 0 saturated carbocycles. The van der Waals surface area contributed by atoms with Crippen LogP contribution >= 0.6 is 0 Å². The lowest BCUT2D eigenvalue weighted by Gasteiger charge is -2.23. The molecule has 1 heteroatoms. The highest BCUT2D eigenvalue weighted by Crippen LogP contribution is 2.34. The van der Waals surface area contributed by atoms with Crippen molar-refractivity contribution in [3.05, 3.63) is 11.6 Å². The zero-order valence-corrected chi connectivity index (χ0v) is 10.1. The Hall–Kier alpha value is -0.590. The van der Waals surface area contributed by atoms with Gasteiger partial charge in [0.1, 0.15) is 0 Å². The van der Waals surface area contributed by atoms with Crippen LogP contribution in [0.5, 0.6) is 0 Å². The molecule has 0 aromatic rings. The molecule has 0 radical (unpaired) electrons. The minimum absolute atomic E-state index is 0.345. The summed E-state index contributed by atoms with van der Waals surface area (Å²) in [6.07, 6.45) is 4.35. The molecule has 0 heterocycles. The Morgan fingerprint density at radius 1 is 1.50 bits per heavy atom. The number of hydrogen-bond acceptors (Lipinski definition) is 1. The van der Waals surface area contributed by atoms with Gasteiger partial charge in [0.2, 0.25) is 0 Å². The fourth-order valence-corrected chi connectivity index (χ4v) is 1.97. The molecule has 1 aliphatic carbocycles. The average molecular weight is 193 g/mol. The number of nitrogens with one attached hydrogen (secondary N) is 1. The van der Waals surface area contributed by atoms with Crippen molar-refractivity contribution in [2.45, 2.75) is 47.5 Å². The summed E-state index contributed by atoms with van der Waals surface area (Å²) in [5, 5.41) is 8.00. The van der Waals surface area contributed by atoms with Crippen molar-refractivity contribution >= 4 is 5.71 Å². The van der Waals surface area contributed by atoms with Crippen molar-refractivity contribution in [1.82, 2.24) is 0 Å². The monoisotopic (exact) mass is 193 g/mol. The van der Waals surface area contributed by atoms with E-state index in [9.17, 15) is 0 Å². The number of hydrogen-bond donors (Lipinski definition) is 1. The van der Waals surface area contributed by atoms with Gasteiger partial charge in [-0.25, -0.2) is 0 Å². The van der Waals surface area contributed by atoms with Crippen LogP contribution in [0.25, 0.3) is 0 Å². The average Bonchev–Trinajstić information content (AvgIpc) is 2.62. The first-order chi connectivity index (χ1) is 6.29. The van der Waals surface area contributed by atoms with Gasteiger partial charge in [-0.15, -0.1) is 0 Å². The molecule has 0 fully saturated rings. The van der Waals surface area contributed by atoms with Crippen molar-refractivity contribution in [2.75, 3.05) is 0 Å². The van der Waals surface area contributed by atoms with E-state index in [4.69, 9.17) is 5.41 Å². The van der Waals surface area contributed by atoms with E-state index in [1.54, 1.807) is 0 Å². The maximum atomic E-state index is 8.00. The third kappa shape index (κ3) is 3.65. The second-order valence-electron chi connectivity index (χ2n) is 5.91. The fraction of sp³-hybridized carbons (Fsp3) is 0.769. The number of allylic oxidation sites excluding steroid dienone is 2. The summed E-state index contributed by atoms with van der Waals surface area (Å²) in [5.74, 6) is 1.07. The van der Waals surface area contributed by atoms with Gasteiger partial charge in [0.25, 0.3) is 0 Å². The van der Waals surface area contributed by atoms with E-state index in [1.165, 1.54) is 5.57 Å². The van der Waals surface area contributed by atoms with Crippen molar-refractivity contribution in [3.8, 4) is 0 Å². The van der Waals surface area contributed by atoms with E-state index in [-0.39, 0.29) is 0 Å². The Balaban J connectivity index is 2.30. The Bertz CT molecular complexity index is 255. The molecule has 2 atom stereocenters. The predicted octanol–water partition coefficient (Wildman–Crippen LogP) is 4.04. The quantitative estimate of drug-likeness (QED) is 0.514. The van der Waals surface area contributed by atoms with Gasteiger partial charge >= 0.3 is 0 Å². The highest BCUT2D eigenvalue weighted by atomic mass is 14.5. The largest absolute Gasteiger partial charge is 0.309 e. The van der Waals surface area contributed by atoms with Crippen LogP contribution < -0.4 is 0 Å². The summed E-state index contributed by atoms with van der Waals surface area (Å²) < 4.78 is 0. The van der Waals surface area contributed by atoms with Crippen molar-refractivity contribution in [3.63, 3.8) is 0 Å². The van der Waals surface area contributed by atoms with Crippen LogP contribution in [0, 0.1) is 22.7 Å². The van der Waals surface area contributed by atoms with Gasteiger partial charge in [0, 0.05) is 11.6 Å². The van der Waals surface area contributed by atoms with Gasteiger partial charge < -0.3 is 5.41 Å². The molecule has 1 nitrogen and oxygen atoms in total. The first-order valence-electron chi connectivity index (χ1n) is 5.55. The molecule has 0 amide bonds. The fourth-order valence-electron chi connectivity index (χ4n) is 1.97. The van der Waals surface area contributed by atoms with Gasteiger partial charge in [0.05, 0.1) is 0 Å². The Morgan fingerprint density at radius 3 is 2.36 bits per heavy atom. The molecule has 0 saturated heterocycles. The lowest BCUT2D eigenvalue weighted by Crippen LogP contribution is -2.18. The standard InChI is InChI=1S/C13H23N/c1-9-6-11(9)7-12(14)10(2)8-13(3,4)5/h6,10-11,14H,7-8H2,1-5H3/t10-,11?/m1/s1. The Morgan fingerprint density at radius 2 is 2.00 bits per heavy atom. The van der Waals surface area contributed by atoms with Crippen LogP contribution in [-0.2, 0) is 0 Å². The second kappa shape index (κ2) is 3.88. The topological polar surface area (TPSA) is 23.9 Å². The summed E-state index contributed by atoms with van der Waals surface area (Å²) in [5.41, 5.74) is 2.74. The molecule has 1 unspecified atom stereocenters. The first kappa shape index (κ1) is 11.5. The lowest BCUT2D eigenvalue weighted by molar-refractivity contribution is 0.343. The van der Waals surface area contributed by atoms with Crippen LogP contribution in [-0.4, -0.2) is 5.71 Å². The summed E-state index contributed by atoms with van der Waals surface area (Å²) in [7, 11) is 0. The van der Waals surface area contributed by atoms with Crippen LogP contribution in [0.3, 0.4) is 0 Å². The van der Waals surface area contributed by atoms with Gasteiger partial charge in [-0.2, -0.15) is 0 Å². The maximum absolute atomic E-state index is 8.00. The van der Waals surface area contributed by atoms with Crippen molar-refractivity contribution < 1.29 is 0 Å². The Kier molecular flexibility index (Phi) is 3.18.